The Morgan fingerprint density at radius 3 is 2.65 bits per heavy atom. The van der Waals surface area contributed by atoms with Gasteiger partial charge in [-0.1, -0.05) is 6.08 Å². The van der Waals surface area contributed by atoms with Crippen molar-refractivity contribution in [3.8, 4) is 0 Å². The lowest BCUT2D eigenvalue weighted by atomic mass is 10.2. The molecule has 0 bridgehead atoms. The highest BCUT2D eigenvalue weighted by molar-refractivity contribution is 5.90. The van der Waals surface area contributed by atoms with Gasteiger partial charge in [-0.25, -0.2) is 4.79 Å². The van der Waals surface area contributed by atoms with Crippen LogP contribution in [-0.2, 0) is 4.79 Å². The maximum Gasteiger partial charge on any atom is 0.326 e. The minimum atomic E-state index is -1.02. The maximum absolute atomic E-state index is 10.8. The highest BCUT2D eigenvalue weighted by atomic mass is 16.4. The molecular weight excluding hydrogens is 224 g/mol. The molecule has 7 heteroatoms. The Morgan fingerprint density at radius 1 is 1.53 bits per heavy atom. The van der Waals surface area contributed by atoms with Gasteiger partial charge in [0.2, 0.25) is 0 Å². The Labute approximate surface area is 97.3 Å². The third-order valence-electron chi connectivity index (χ3n) is 1.94. The summed E-state index contributed by atoms with van der Waals surface area (Å²) in [5, 5.41) is 18.7. The number of primary amides is 1. The van der Waals surface area contributed by atoms with E-state index in [2.05, 4.69) is 22.1 Å². The zero-order valence-electron chi connectivity index (χ0n) is 8.96. The summed E-state index contributed by atoms with van der Waals surface area (Å²) in [5.41, 5.74) is 5.01. The molecule has 0 aliphatic rings. The van der Waals surface area contributed by atoms with Crippen LogP contribution in [0.5, 0.6) is 0 Å². The lowest BCUT2D eigenvalue weighted by Crippen LogP contribution is -2.29. The fraction of sp³-hybridized carbons (Fsp3) is 0.200. The standard InChI is InChI=1S/C10H12N4O3/c1-2-3-7(10(16)17)12-8-5-4-6(9(11)15)13-14-8/h2,4-5,7H,1,3H2,(H2,11,15)(H,12,14)(H,16,17). The number of nitrogens with one attached hydrogen (secondary N) is 1. The topological polar surface area (TPSA) is 118 Å². The summed E-state index contributed by atoms with van der Waals surface area (Å²) < 4.78 is 0. The molecule has 1 atom stereocenters. The molecule has 0 spiro atoms. The average molecular weight is 236 g/mol. The lowest BCUT2D eigenvalue weighted by molar-refractivity contribution is -0.137. The molecule has 0 fully saturated rings. The number of nitrogens with two attached hydrogens (primary N) is 1. The van der Waals surface area contributed by atoms with Crippen molar-refractivity contribution >= 4 is 17.7 Å². The van der Waals surface area contributed by atoms with E-state index in [0.29, 0.717) is 0 Å². The predicted octanol–water partition coefficient (Wildman–Crippen LogP) is 0.0167. The Hall–Kier alpha value is -2.44. The summed E-state index contributed by atoms with van der Waals surface area (Å²) in [6.07, 6.45) is 1.73. The number of carbonyl (C=O) groups is 2. The van der Waals surface area contributed by atoms with Crippen molar-refractivity contribution in [1.29, 1.82) is 0 Å². The highest BCUT2D eigenvalue weighted by Gasteiger charge is 2.16. The molecular formula is C10H12N4O3. The summed E-state index contributed by atoms with van der Waals surface area (Å²) in [6, 6.07) is 1.97. The van der Waals surface area contributed by atoms with Crippen LogP contribution in [-0.4, -0.2) is 33.2 Å². The number of aromatic nitrogens is 2. The molecule has 0 saturated carbocycles. The summed E-state index contributed by atoms with van der Waals surface area (Å²) in [7, 11) is 0. The minimum Gasteiger partial charge on any atom is -0.480 e. The molecule has 17 heavy (non-hydrogen) atoms. The summed E-state index contributed by atoms with van der Waals surface area (Å²) >= 11 is 0. The lowest BCUT2D eigenvalue weighted by Gasteiger charge is -2.12. The number of amides is 1. The summed E-state index contributed by atoms with van der Waals surface area (Å²) in [4.78, 5) is 21.6. The van der Waals surface area contributed by atoms with Gasteiger partial charge in [0.1, 0.15) is 11.9 Å². The number of aliphatic carboxylic acids is 1. The number of hydrogen-bond acceptors (Lipinski definition) is 5. The van der Waals surface area contributed by atoms with Gasteiger partial charge in [-0.2, -0.15) is 0 Å². The van der Waals surface area contributed by atoms with Crippen molar-refractivity contribution < 1.29 is 14.7 Å². The number of nitrogens with zero attached hydrogens (tertiary/aromatic N) is 2. The fourth-order valence-electron chi connectivity index (χ4n) is 1.11. The van der Waals surface area contributed by atoms with E-state index in [1.54, 1.807) is 0 Å². The first-order valence-electron chi connectivity index (χ1n) is 4.78. The zero-order valence-corrected chi connectivity index (χ0v) is 8.96. The van der Waals surface area contributed by atoms with Crippen LogP contribution in [0.1, 0.15) is 16.9 Å². The molecule has 7 nitrogen and oxygen atoms in total. The fourth-order valence-corrected chi connectivity index (χ4v) is 1.11. The van der Waals surface area contributed by atoms with Gasteiger partial charge < -0.3 is 16.2 Å². The van der Waals surface area contributed by atoms with Gasteiger partial charge in [0, 0.05) is 0 Å². The van der Waals surface area contributed by atoms with Crippen molar-refractivity contribution in [2.24, 2.45) is 5.73 Å². The molecule has 0 aliphatic heterocycles. The van der Waals surface area contributed by atoms with Crippen molar-refractivity contribution in [3.05, 3.63) is 30.5 Å². The molecule has 0 aromatic carbocycles. The molecule has 1 amide bonds. The number of anilines is 1. The van der Waals surface area contributed by atoms with Crippen LogP contribution in [0.3, 0.4) is 0 Å². The second-order valence-corrected chi connectivity index (χ2v) is 3.23. The van der Waals surface area contributed by atoms with Crippen molar-refractivity contribution in [3.63, 3.8) is 0 Å². The molecule has 1 unspecified atom stereocenters. The number of hydrogen-bond donors (Lipinski definition) is 3. The molecule has 0 aliphatic carbocycles. The van der Waals surface area contributed by atoms with E-state index >= 15 is 0 Å². The van der Waals surface area contributed by atoms with E-state index in [4.69, 9.17) is 10.8 Å². The smallest absolute Gasteiger partial charge is 0.326 e. The van der Waals surface area contributed by atoms with Gasteiger partial charge in [0.25, 0.3) is 5.91 Å². The first-order chi connectivity index (χ1) is 8.04. The molecule has 90 valence electrons. The molecule has 0 radical (unpaired) electrons. The van der Waals surface area contributed by atoms with E-state index in [1.807, 2.05) is 0 Å². The highest BCUT2D eigenvalue weighted by Crippen LogP contribution is 2.06. The molecule has 1 aromatic heterocycles. The maximum atomic E-state index is 10.8. The van der Waals surface area contributed by atoms with Crippen LogP contribution in [0.15, 0.2) is 24.8 Å². The minimum absolute atomic E-state index is 0.0196. The molecule has 1 aromatic rings. The number of rotatable bonds is 6. The van der Waals surface area contributed by atoms with Crippen LogP contribution in [0.25, 0.3) is 0 Å². The van der Waals surface area contributed by atoms with E-state index < -0.39 is 17.9 Å². The van der Waals surface area contributed by atoms with Gasteiger partial charge in [0.15, 0.2) is 5.69 Å². The van der Waals surface area contributed by atoms with Crippen LogP contribution >= 0.6 is 0 Å². The van der Waals surface area contributed by atoms with Crippen molar-refractivity contribution in [1.82, 2.24) is 10.2 Å². The quantitative estimate of drug-likeness (QED) is 0.599. The largest absolute Gasteiger partial charge is 0.480 e. The van der Waals surface area contributed by atoms with E-state index in [-0.39, 0.29) is 17.9 Å². The molecule has 1 rings (SSSR count). The summed E-state index contributed by atoms with van der Waals surface area (Å²) in [6.45, 7) is 3.46. The first kappa shape index (κ1) is 12.6. The SMILES string of the molecule is C=CCC(Nc1ccc(C(N)=O)nn1)C(=O)O. The van der Waals surface area contributed by atoms with Crippen molar-refractivity contribution in [2.45, 2.75) is 12.5 Å². The average Bonchev–Trinajstić information content (AvgIpc) is 2.29. The van der Waals surface area contributed by atoms with Crippen LogP contribution in [0.2, 0.25) is 0 Å². The Bertz CT molecular complexity index is 430. The molecule has 0 saturated heterocycles. The Morgan fingerprint density at radius 2 is 2.24 bits per heavy atom. The van der Waals surface area contributed by atoms with E-state index in [9.17, 15) is 9.59 Å². The summed E-state index contributed by atoms with van der Waals surface area (Å²) in [5.74, 6) is -1.46. The second-order valence-electron chi connectivity index (χ2n) is 3.23. The number of carboxylic acid groups (broad SMARTS) is 1. The Kier molecular flexibility index (Phi) is 4.15. The van der Waals surface area contributed by atoms with Gasteiger partial charge in [-0.15, -0.1) is 16.8 Å². The van der Waals surface area contributed by atoms with E-state index in [0.717, 1.165) is 0 Å². The van der Waals surface area contributed by atoms with Crippen LogP contribution in [0, 0.1) is 0 Å². The number of carboxylic acids is 1. The van der Waals surface area contributed by atoms with Gasteiger partial charge >= 0.3 is 5.97 Å². The van der Waals surface area contributed by atoms with Gasteiger partial charge in [0.05, 0.1) is 0 Å². The number of carbonyl (C=O) groups excluding carboxylic acids is 1. The van der Waals surface area contributed by atoms with Crippen LogP contribution in [0.4, 0.5) is 5.82 Å². The molecule has 4 N–H and O–H groups in total. The normalized spacial score (nSPS) is 11.5. The Balaban J connectivity index is 2.76. The monoisotopic (exact) mass is 236 g/mol. The van der Waals surface area contributed by atoms with Crippen LogP contribution < -0.4 is 11.1 Å². The third-order valence-corrected chi connectivity index (χ3v) is 1.94. The molecule has 1 heterocycles. The van der Waals surface area contributed by atoms with Gasteiger partial charge in [-0.3, -0.25) is 4.79 Å². The van der Waals surface area contributed by atoms with Gasteiger partial charge in [-0.05, 0) is 18.6 Å². The first-order valence-corrected chi connectivity index (χ1v) is 4.78. The third kappa shape index (κ3) is 3.56. The predicted molar refractivity (Wildman–Crippen MR) is 60.4 cm³/mol. The second kappa shape index (κ2) is 5.59. The van der Waals surface area contributed by atoms with E-state index in [1.165, 1.54) is 18.2 Å². The van der Waals surface area contributed by atoms with Crippen molar-refractivity contribution in [2.75, 3.05) is 5.32 Å². The zero-order chi connectivity index (χ0) is 12.8.